The van der Waals surface area contributed by atoms with Gasteiger partial charge >= 0.3 is 0 Å². The Balaban J connectivity index is 2.16. The van der Waals surface area contributed by atoms with E-state index in [4.69, 9.17) is 5.73 Å². The van der Waals surface area contributed by atoms with Crippen molar-refractivity contribution in [3.63, 3.8) is 0 Å². The van der Waals surface area contributed by atoms with Gasteiger partial charge in [0.25, 0.3) is 5.91 Å². The molecule has 0 bridgehead atoms. The molecule has 2 aromatic rings. The number of H-pyrrole nitrogens is 1. The van der Waals surface area contributed by atoms with E-state index in [1.165, 1.54) is 7.11 Å². The van der Waals surface area contributed by atoms with Crippen molar-refractivity contribution in [1.82, 2.24) is 10.5 Å². The molecule has 1 aromatic carbocycles. The lowest BCUT2D eigenvalue weighted by Crippen LogP contribution is -2.41. The second kappa shape index (κ2) is 4.99. The molecular formula is C12H15N3O2. The Morgan fingerprint density at radius 2 is 2.29 bits per heavy atom. The third-order valence-corrected chi connectivity index (χ3v) is 2.65. The number of hydrogen-bond donors (Lipinski definition) is 3. The summed E-state index contributed by atoms with van der Waals surface area (Å²) in [6.45, 7) is 0. The monoisotopic (exact) mass is 233 g/mol. The molecule has 90 valence electrons. The van der Waals surface area contributed by atoms with E-state index in [1.54, 1.807) is 0 Å². The minimum Gasteiger partial charge on any atom is -0.361 e. The number of benzene rings is 1. The van der Waals surface area contributed by atoms with E-state index in [1.807, 2.05) is 30.5 Å². The number of amides is 1. The maximum atomic E-state index is 11.4. The molecule has 0 radical (unpaired) electrons. The van der Waals surface area contributed by atoms with Gasteiger partial charge in [-0.05, 0) is 18.1 Å². The second-order valence-corrected chi connectivity index (χ2v) is 3.84. The molecule has 0 aliphatic rings. The van der Waals surface area contributed by atoms with Gasteiger partial charge in [0, 0.05) is 17.1 Å². The zero-order chi connectivity index (χ0) is 12.3. The molecular weight excluding hydrogens is 218 g/mol. The van der Waals surface area contributed by atoms with Gasteiger partial charge in [-0.3, -0.25) is 9.63 Å². The van der Waals surface area contributed by atoms with E-state index in [0.717, 1.165) is 16.5 Å². The van der Waals surface area contributed by atoms with Gasteiger partial charge in [0.15, 0.2) is 0 Å². The Labute approximate surface area is 98.9 Å². The summed E-state index contributed by atoms with van der Waals surface area (Å²) in [6.07, 6.45) is 2.35. The summed E-state index contributed by atoms with van der Waals surface area (Å²) in [6, 6.07) is 7.29. The molecule has 0 spiro atoms. The van der Waals surface area contributed by atoms with Crippen LogP contribution >= 0.6 is 0 Å². The fourth-order valence-electron chi connectivity index (χ4n) is 1.81. The van der Waals surface area contributed by atoms with Crippen molar-refractivity contribution in [2.75, 3.05) is 7.11 Å². The van der Waals surface area contributed by atoms with Gasteiger partial charge in [0.2, 0.25) is 0 Å². The van der Waals surface area contributed by atoms with Crippen LogP contribution in [0.3, 0.4) is 0 Å². The van der Waals surface area contributed by atoms with Gasteiger partial charge in [-0.25, -0.2) is 5.48 Å². The number of hydrogen-bond acceptors (Lipinski definition) is 3. The largest absolute Gasteiger partial charge is 0.361 e. The first-order chi connectivity index (χ1) is 8.22. The van der Waals surface area contributed by atoms with Crippen molar-refractivity contribution in [2.24, 2.45) is 5.73 Å². The first-order valence-corrected chi connectivity index (χ1v) is 5.36. The van der Waals surface area contributed by atoms with E-state index in [2.05, 4.69) is 15.3 Å². The topological polar surface area (TPSA) is 80.1 Å². The first kappa shape index (κ1) is 11.6. The Kier molecular flexibility index (Phi) is 3.41. The van der Waals surface area contributed by atoms with E-state index in [0.29, 0.717) is 6.42 Å². The van der Waals surface area contributed by atoms with Crippen LogP contribution in [0.15, 0.2) is 30.5 Å². The number of aromatic nitrogens is 1. The fourth-order valence-corrected chi connectivity index (χ4v) is 1.81. The lowest BCUT2D eigenvalue weighted by molar-refractivity contribution is -0.132. The van der Waals surface area contributed by atoms with Gasteiger partial charge < -0.3 is 10.7 Å². The Morgan fingerprint density at radius 1 is 1.53 bits per heavy atom. The molecule has 4 N–H and O–H groups in total. The SMILES string of the molecule is CONC(=O)C(N)Cc1c[nH]c2ccccc12. The number of carbonyl (C=O) groups excluding carboxylic acids is 1. The molecule has 5 nitrogen and oxygen atoms in total. The van der Waals surface area contributed by atoms with Gasteiger partial charge in [-0.15, -0.1) is 0 Å². The summed E-state index contributed by atoms with van der Waals surface area (Å²) in [5.74, 6) is -0.321. The lowest BCUT2D eigenvalue weighted by Gasteiger charge is -2.09. The van der Waals surface area contributed by atoms with E-state index in [9.17, 15) is 4.79 Å². The van der Waals surface area contributed by atoms with Crippen molar-refractivity contribution < 1.29 is 9.63 Å². The van der Waals surface area contributed by atoms with E-state index in [-0.39, 0.29) is 5.91 Å². The number of rotatable bonds is 4. The lowest BCUT2D eigenvalue weighted by atomic mass is 10.1. The second-order valence-electron chi connectivity index (χ2n) is 3.84. The summed E-state index contributed by atoms with van der Waals surface area (Å²) in [7, 11) is 1.39. The van der Waals surface area contributed by atoms with Gasteiger partial charge in [-0.1, -0.05) is 18.2 Å². The summed E-state index contributed by atoms with van der Waals surface area (Å²) >= 11 is 0. The number of nitrogens with two attached hydrogens (primary N) is 1. The van der Waals surface area contributed by atoms with Crippen LogP contribution in [-0.4, -0.2) is 24.0 Å². The smallest absolute Gasteiger partial charge is 0.260 e. The van der Waals surface area contributed by atoms with E-state index >= 15 is 0 Å². The summed E-state index contributed by atoms with van der Waals surface area (Å²) < 4.78 is 0. The highest BCUT2D eigenvalue weighted by Gasteiger charge is 2.15. The number of nitrogens with one attached hydrogen (secondary N) is 2. The first-order valence-electron chi connectivity index (χ1n) is 5.36. The molecule has 1 amide bonds. The van der Waals surface area contributed by atoms with Crippen LogP contribution in [0.1, 0.15) is 5.56 Å². The summed E-state index contributed by atoms with van der Waals surface area (Å²) in [4.78, 5) is 19.1. The molecule has 1 unspecified atom stereocenters. The van der Waals surface area contributed by atoms with Crippen molar-refractivity contribution in [2.45, 2.75) is 12.5 Å². The Bertz CT molecular complexity index is 521. The van der Waals surface area contributed by atoms with Crippen molar-refractivity contribution >= 4 is 16.8 Å². The number of para-hydroxylation sites is 1. The summed E-state index contributed by atoms with van der Waals surface area (Å²) in [5, 5.41) is 1.09. The van der Waals surface area contributed by atoms with E-state index < -0.39 is 6.04 Å². The van der Waals surface area contributed by atoms with Crippen LogP contribution in [0.25, 0.3) is 10.9 Å². The minimum absolute atomic E-state index is 0.321. The third kappa shape index (κ3) is 2.46. The summed E-state index contributed by atoms with van der Waals surface area (Å²) in [5.41, 5.74) is 10.1. The highest BCUT2D eigenvalue weighted by Crippen LogP contribution is 2.18. The molecule has 0 fully saturated rings. The molecule has 5 heteroatoms. The van der Waals surface area contributed by atoms with Crippen molar-refractivity contribution in [1.29, 1.82) is 0 Å². The minimum atomic E-state index is -0.617. The van der Waals surface area contributed by atoms with Crippen LogP contribution < -0.4 is 11.2 Å². The molecule has 2 rings (SSSR count). The molecule has 0 saturated heterocycles. The average Bonchev–Trinajstić information content (AvgIpc) is 2.73. The Hall–Kier alpha value is -1.85. The Morgan fingerprint density at radius 3 is 3.06 bits per heavy atom. The molecule has 1 atom stereocenters. The quantitative estimate of drug-likeness (QED) is 0.680. The highest BCUT2D eigenvalue weighted by molar-refractivity contribution is 5.85. The molecule has 0 aliphatic carbocycles. The number of hydroxylamine groups is 1. The zero-order valence-electron chi connectivity index (χ0n) is 9.57. The van der Waals surface area contributed by atoms with Gasteiger partial charge in [0.1, 0.15) is 0 Å². The maximum absolute atomic E-state index is 11.4. The molecule has 1 aromatic heterocycles. The fraction of sp³-hybridized carbons (Fsp3) is 0.250. The molecule has 17 heavy (non-hydrogen) atoms. The van der Waals surface area contributed by atoms with Crippen LogP contribution in [0.5, 0.6) is 0 Å². The van der Waals surface area contributed by atoms with Crippen LogP contribution in [0.4, 0.5) is 0 Å². The van der Waals surface area contributed by atoms with Crippen LogP contribution in [0.2, 0.25) is 0 Å². The molecule has 0 saturated carbocycles. The third-order valence-electron chi connectivity index (χ3n) is 2.65. The zero-order valence-corrected chi connectivity index (χ0v) is 9.57. The predicted octanol–water partition coefficient (Wildman–Crippen LogP) is 0.715. The molecule has 0 aliphatic heterocycles. The number of aromatic amines is 1. The number of carbonyl (C=O) groups is 1. The number of fused-ring (bicyclic) bond motifs is 1. The average molecular weight is 233 g/mol. The van der Waals surface area contributed by atoms with Crippen molar-refractivity contribution in [3.8, 4) is 0 Å². The standard InChI is InChI=1S/C12H15N3O2/c1-17-15-12(16)10(13)6-8-7-14-11-5-3-2-4-9(8)11/h2-5,7,10,14H,6,13H2,1H3,(H,15,16). The molecule has 1 heterocycles. The normalized spacial score (nSPS) is 12.6. The van der Waals surface area contributed by atoms with Gasteiger partial charge in [0.05, 0.1) is 13.2 Å². The highest BCUT2D eigenvalue weighted by atomic mass is 16.6. The maximum Gasteiger partial charge on any atom is 0.260 e. The van der Waals surface area contributed by atoms with Gasteiger partial charge in [-0.2, -0.15) is 0 Å². The van der Waals surface area contributed by atoms with Crippen LogP contribution in [0, 0.1) is 0 Å². The van der Waals surface area contributed by atoms with Crippen LogP contribution in [-0.2, 0) is 16.1 Å². The predicted molar refractivity (Wildman–Crippen MR) is 65.1 cm³/mol. The van der Waals surface area contributed by atoms with Crippen molar-refractivity contribution in [3.05, 3.63) is 36.0 Å².